The van der Waals surface area contributed by atoms with Gasteiger partial charge in [-0.05, 0) is 57.7 Å². The molecule has 0 aromatic carbocycles. The SMILES string of the molecule is NCCCS(=O)(=O)N1CCC(CN2CCCC2)CC1. The van der Waals surface area contributed by atoms with Crippen LogP contribution in [0.5, 0.6) is 0 Å². The number of hydrogen-bond donors (Lipinski definition) is 1. The third-order valence-corrected chi connectivity index (χ3v) is 6.24. The zero-order valence-corrected chi connectivity index (χ0v) is 12.6. The van der Waals surface area contributed by atoms with Crippen LogP contribution < -0.4 is 5.73 Å². The van der Waals surface area contributed by atoms with Crippen LogP contribution in [0, 0.1) is 5.92 Å². The van der Waals surface area contributed by atoms with Crippen molar-refractivity contribution in [1.29, 1.82) is 0 Å². The summed E-state index contributed by atoms with van der Waals surface area (Å²) in [6, 6.07) is 0. The Bertz CT molecular complexity index is 358. The Balaban J connectivity index is 1.75. The van der Waals surface area contributed by atoms with Crippen molar-refractivity contribution in [3.63, 3.8) is 0 Å². The number of sulfonamides is 1. The number of rotatable bonds is 6. The number of hydrogen-bond acceptors (Lipinski definition) is 4. The summed E-state index contributed by atoms with van der Waals surface area (Å²) in [5, 5.41) is 0. The Labute approximate surface area is 117 Å². The minimum atomic E-state index is -3.06. The van der Waals surface area contributed by atoms with Crippen molar-refractivity contribution < 1.29 is 8.42 Å². The second-order valence-corrected chi connectivity index (χ2v) is 7.90. The van der Waals surface area contributed by atoms with Crippen molar-refractivity contribution in [2.75, 3.05) is 45.0 Å². The van der Waals surface area contributed by atoms with Gasteiger partial charge in [0.15, 0.2) is 0 Å². The summed E-state index contributed by atoms with van der Waals surface area (Å²) in [5.41, 5.74) is 5.39. The van der Waals surface area contributed by atoms with Gasteiger partial charge in [0.25, 0.3) is 0 Å². The van der Waals surface area contributed by atoms with E-state index in [-0.39, 0.29) is 5.75 Å². The average molecular weight is 289 g/mol. The molecule has 19 heavy (non-hydrogen) atoms. The highest BCUT2D eigenvalue weighted by molar-refractivity contribution is 7.89. The number of nitrogens with two attached hydrogens (primary N) is 1. The molecule has 0 spiro atoms. The summed E-state index contributed by atoms with van der Waals surface area (Å²) in [5.74, 6) is 0.888. The van der Waals surface area contributed by atoms with Crippen LogP contribution in [-0.4, -0.2) is 62.6 Å². The summed E-state index contributed by atoms with van der Waals surface area (Å²) in [7, 11) is -3.06. The molecule has 2 aliphatic heterocycles. The molecule has 0 aliphatic carbocycles. The maximum atomic E-state index is 12.1. The molecule has 2 N–H and O–H groups in total. The van der Waals surface area contributed by atoms with E-state index in [1.165, 1.54) is 25.9 Å². The molecule has 2 fully saturated rings. The summed E-state index contributed by atoms with van der Waals surface area (Å²) in [4.78, 5) is 2.53. The highest BCUT2D eigenvalue weighted by atomic mass is 32.2. The van der Waals surface area contributed by atoms with Crippen molar-refractivity contribution in [2.24, 2.45) is 11.7 Å². The molecule has 0 unspecified atom stereocenters. The summed E-state index contributed by atoms with van der Waals surface area (Å²) in [6.45, 7) is 5.47. The van der Waals surface area contributed by atoms with Crippen molar-refractivity contribution in [1.82, 2.24) is 9.21 Å². The van der Waals surface area contributed by atoms with Gasteiger partial charge in [-0.25, -0.2) is 12.7 Å². The van der Waals surface area contributed by atoms with Crippen LogP contribution >= 0.6 is 0 Å². The van der Waals surface area contributed by atoms with E-state index in [0.29, 0.717) is 32.0 Å². The fraction of sp³-hybridized carbons (Fsp3) is 1.00. The lowest BCUT2D eigenvalue weighted by Crippen LogP contribution is -2.42. The first-order valence-electron chi connectivity index (χ1n) is 7.52. The average Bonchev–Trinajstić information content (AvgIpc) is 2.90. The predicted molar refractivity (Wildman–Crippen MR) is 77.4 cm³/mol. The molecule has 0 bridgehead atoms. The van der Waals surface area contributed by atoms with Crippen molar-refractivity contribution in [2.45, 2.75) is 32.1 Å². The Kier molecular flexibility index (Phi) is 5.62. The van der Waals surface area contributed by atoms with Gasteiger partial charge in [-0.3, -0.25) is 0 Å². The first-order valence-corrected chi connectivity index (χ1v) is 9.13. The summed E-state index contributed by atoms with van der Waals surface area (Å²) < 4.78 is 25.8. The number of nitrogens with zero attached hydrogens (tertiary/aromatic N) is 2. The molecule has 0 radical (unpaired) electrons. The van der Waals surface area contributed by atoms with Gasteiger partial charge < -0.3 is 10.6 Å². The Morgan fingerprint density at radius 3 is 2.26 bits per heavy atom. The third kappa shape index (κ3) is 4.41. The van der Waals surface area contributed by atoms with Gasteiger partial charge in [-0.15, -0.1) is 0 Å². The largest absolute Gasteiger partial charge is 0.330 e. The number of likely N-dealkylation sites (tertiary alicyclic amines) is 1. The Morgan fingerprint density at radius 1 is 1.05 bits per heavy atom. The first kappa shape index (κ1) is 15.2. The lowest BCUT2D eigenvalue weighted by Gasteiger charge is -2.33. The Morgan fingerprint density at radius 2 is 1.68 bits per heavy atom. The van der Waals surface area contributed by atoms with Crippen molar-refractivity contribution >= 4 is 10.0 Å². The molecule has 0 aromatic rings. The van der Waals surface area contributed by atoms with E-state index >= 15 is 0 Å². The van der Waals surface area contributed by atoms with Gasteiger partial charge >= 0.3 is 0 Å². The molecule has 2 saturated heterocycles. The normalized spacial score (nSPS) is 24.1. The lowest BCUT2D eigenvalue weighted by molar-refractivity contribution is 0.206. The molecule has 0 amide bonds. The van der Waals surface area contributed by atoms with Crippen LogP contribution in [0.25, 0.3) is 0 Å². The van der Waals surface area contributed by atoms with E-state index in [0.717, 1.165) is 19.4 Å². The Hall–Kier alpha value is -0.170. The molecule has 112 valence electrons. The summed E-state index contributed by atoms with van der Waals surface area (Å²) in [6.07, 6.45) is 5.24. The van der Waals surface area contributed by atoms with Gasteiger partial charge in [0.05, 0.1) is 5.75 Å². The quantitative estimate of drug-likeness (QED) is 0.772. The second-order valence-electron chi connectivity index (χ2n) is 5.81. The minimum Gasteiger partial charge on any atom is -0.330 e. The fourth-order valence-corrected chi connectivity index (χ4v) is 4.65. The van der Waals surface area contributed by atoms with Crippen molar-refractivity contribution in [3.05, 3.63) is 0 Å². The predicted octanol–water partition coefficient (Wildman–Crippen LogP) is 0.473. The van der Waals surface area contributed by atoms with E-state index in [1.807, 2.05) is 0 Å². The highest BCUT2D eigenvalue weighted by Crippen LogP contribution is 2.22. The lowest BCUT2D eigenvalue weighted by atomic mass is 9.98. The van der Waals surface area contributed by atoms with E-state index in [1.54, 1.807) is 4.31 Å². The van der Waals surface area contributed by atoms with E-state index < -0.39 is 10.0 Å². The smallest absolute Gasteiger partial charge is 0.214 e. The molecule has 2 heterocycles. The van der Waals surface area contributed by atoms with Gasteiger partial charge in [-0.1, -0.05) is 0 Å². The highest BCUT2D eigenvalue weighted by Gasteiger charge is 2.28. The molecular weight excluding hydrogens is 262 g/mol. The zero-order valence-electron chi connectivity index (χ0n) is 11.8. The standard InChI is InChI=1S/C13H27N3O2S/c14-6-3-11-19(17,18)16-9-4-13(5-10-16)12-15-7-1-2-8-15/h13H,1-12,14H2. The maximum absolute atomic E-state index is 12.1. The first-order chi connectivity index (χ1) is 9.12. The third-order valence-electron chi connectivity index (χ3n) is 4.29. The molecular formula is C13H27N3O2S. The van der Waals surface area contributed by atoms with Gasteiger partial charge in [0.1, 0.15) is 0 Å². The number of piperidine rings is 1. The monoisotopic (exact) mass is 289 g/mol. The van der Waals surface area contributed by atoms with Gasteiger partial charge in [0, 0.05) is 19.6 Å². The van der Waals surface area contributed by atoms with E-state index in [4.69, 9.17) is 5.73 Å². The molecule has 0 aromatic heterocycles. The summed E-state index contributed by atoms with van der Waals surface area (Å²) >= 11 is 0. The van der Waals surface area contributed by atoms with Crippen LogP contribution in [0.2, 0.25) is 0 Å². The molecule has 2 aliphatic rings. The minimum absolute atomic E-state index is 0.209. The fourth-order valence-electron chi connectivity index (χ4n) is 3.10. The molecule has 0 saturated carbocycles. The molecule has 6 heteroatoms. The van der Waals surface area contributed by atoms with Crippen LogP contribution in [0.3, 0.4) is 0 Å². The van der Waals surface area contributed by atoms with Gasteiger partial charge in [0.2, 0.25) is 10.0 Å². The molecule has 2 rings (SSSR count). The zero-order chi connectivity index (χ0) is 13.7. The van der Waals surface area contributed by atoms with E-state index in [2.05, 4.69) is 4.90 Å². The van der Waals surface area contributed by atoms with Crippen molar-refractivity contribution in [3.8, 4) is 0 Å². The van der Waals surface area contributed by atoms with Gasteiger partial charge in [-0.2, -0.15) is 0 Å². The van der Waals surface area contributed by atoms with E-state index in [9.17, 15) is 8.42 Å². The second kappa shape index (κ2) is 7.02. The topological polar surface area (TPSA) is 66.6 Å². The molecule has 5 nitrogen and oxygen atoms in total. The molecule has 0 atom stereocenters. The van der Waals surface area contributed by atoms with Crippen LogP contribution in [0.4, 0.5) is 0 Å². The van der Waals surface area contributed by atoms with Crippen LogP contribution in [-0.2, 0) is 10.0 Å². The maximum Gasteiger partial charge on any atom is 0.214 e. The van der Waals surface area contributed by atoms with Crippen LogP contribution in [0.1, 0.15) is 32.1 Å². The van der Waals surface area contributed by atoms with Crippen LogP contribution in [0.15, 0.2) is 0 Å².